The number of fused-ring (bicyclic) bond motifs is 1. The molecule has 0 bridgehead atoms. The maximum absolute atomic E-state index is 12.5. The summed E-state index contributed by atoms with van der Waals surface area (Å²) in [6.07, 6.45) is 3.66. The topological polar surface area (TPSA) is 98.0 Å². The molecule has 5 N–H and O–H groups in total. The van der Waals surface area contributed by atoms with E-state index in [4.69, 9.17) is 0 Å². The second-order valence-corrected chi connectivity index (χ2v) is 8.56. The molecule has 7 heteroatoms. The Bertz CT molecular complexity index is 1430. The van der Waals surface area contributed by atoms with Crippen molar-refractivity contribution in [2.75, 3.05) is 21.3 Å². The predicted octanol–water partition coefficient (Wildman–Crippen LogP) is 6.51. The Morgan fingerprint density at radius 1 is 0.800 bits per heavy atom. The van der Waals surface area contributed by atoms with E-state index in [9.17, 15) is 9.59 Å². The molecule has 0 aliphatic carbocycles. The maximum Gasteiger partial charge on any atom is 0.323 e. The minimum atomic E-state index is -0.311. The number of rotatable bonds is 5. The Kier molecular flexibility index (Phi) is 5.81. The van der Waals surface area contributed by atoms with Crippen LogP contribution >= 0.6 is 0 Å². The third kappa shape index (κ3) is 5.09. The summed E-state index contributed by atoms with van der Waals surface area (Å²) in [5, 5.41) is 12.0. The van der Waals surface area contributed by atoms with Crippen molar-refractivity contribution < 1.29 is 9.59 Å². The molecule has 1 aliphatic heterocycles. The molecular weight excluding hydrogens is 438 g/mol. The molecule has 5 rings (SSSR count). The summed E-state index contributed by atoms with van der Waals surface area (Å²) >= 11 is 0. The lowest BCUT2D eigenvalue weighted by Gasteiger charge is -2.12. The van der Waals surface area contributed by atoms with Gasteiger partial charge in [0.1, 0.15) is 0 Å². The van der Waals surface area contributed by atoms with Crippen LogP contribution < -0.4 is 21.3 Å². The highest BCUT2D eigenvalue weighted by atomic mass is 16.2. The van der Waals surface area contributed by atoms with Crippen molar-refractivity contribution in [3.8, 4) is 0 Å². The number of aromatic nitrogens is 1. The molecule has 1 aromatic heterocycles. The molecular formula is C28H25N5O2. The number of aromatic amines is 1. The van der Waals surface area contributed by atoms with E-state index in [1.165, 1.54) is 0 Å². The van der Waals surface area contributed by atoms with E-state index in [0.29, 0.717) is 11.3 Å². The van der Waals surface area contributed by atoms with E-state index < -0.39 is 0 Å². The Balaban J connectivity index is 1.28. The Hall–Kier alpha value is -4.78. The van der Waals surface area contributed by atoms with Crippen molar-refractivity contribution in [1.29, 1.82) is 0 Å². The molecule has 0 spiro atoms. The van der Waals surface area contributed by atoms with Gasteiger partial charge in [0.15, 0.2) is 0 Å². The SMILES string of the molecule is Cc1cc(C)cc(NC(=O)Nc2cccc(Nc3ccc4c(c3)NC(=O)C4=Cc3ccc[nH]3)c2)c1. The van der Waals surface area contributed by atoms with Gasteiger partial charge in [0.05, 0.1) is 11.3 Å². The molecule has 0 radical (unpaired) electrons. The van der Waals surface area contributed by atoms with E-state index in [-0.39, 0.29) is 11.9 Å². The number of carbonyl (C=O) groups excluding carboxylic acids is 2. The summed E-state index contributed by atoms with van der Waals surface area (Å²) in [6.45, 7) is 3.99. The summed E-state index contributed by atoms with van der Waals surface area (Å²) in [4.78, 5) is 28.1. The summed E-state index contributed by atoms with van der Waals surface area (Å²) in [6, 6.07) is 22.6. The molecule has 0 saturated heterocycles. The summed E-state index contributed by atoms with van der Waals surface area (Å²) in [5.41, 5.74) is 8.30. The van der Waals surface area contributed by atoms with Crippen LogP contribution in [-0.4, -0.2) is 16.9 Å². The smallest absolute Gasteiger partial charge is 0.323 e. The standard InChI is InChI=1S/C28H25N5O2/c1-17-11-18(2)13-23(12-17)32-28(35)31-21-6-3-5-20(14-21)30-22-8-9-24-25(15-19-7-4-10-29-19)27(34)33-26(24)16-22/h3-16,29-30H,1-2H3,(H,33,34)(H2,31,32,35). The lowest BCUT2D eigenvalue weighted by molar-refractivity contribution is -0.110. The van der Waals surface area contributed by atoms with E-state index >= 15 is 0 Å². The minimum Gasteiger partial charge on any atom is -0.362 e. The fourth-order valence-electron chi connectivity index (χ4n) is 4.19. The molecule has 35 heavy (non-hydrogen) atoms. The minimum absolute atomic E-state index is 0.132. The number of carbonyl (C=O) groups is 2. The first-order valence-electron chi connectivity index (χ1n) is 11.3. The zero-order chi connectivity index (χ0) is 24.4. The number of amides is 3. The first-order chi connectivity index (χ1) is 16.9. The molecule has 0 saturated carbocycles. The van der Waals surface area contributed by atoms with Gasteiger partial charge in [-0.2, -0.15) is 0 Å². The molecule has 174 valence electrons. The fraction of sp³-hybridized carbons (Fsp3) is 0.0714. The Morgan fingerprint density at radius 2 is 1.54 bits per heavy atom. The molecule has 0 unspecified atom stereocenters. The summed E-state index contributed by atoms with van der Waals surface area (Å²) in [7, 11) is 0. The van der Waals surface area contributed by atoms with Gasteiger partial charge in [0.2, 0.25) is 0 Å². The number of benzene rings is 3. The number of H-pyrrole nitrogens is 1. The van der Waals surface area contributed by atoms with E-state index in [0.717, 1.165) is 45.1 Å². The molecule has 3 aromatic carbocycles. The third-order valence-electron chi connectivity index (χ3n) is 5.61. The molecule has 3 amide bonds. The highest BCUT2D eigenvalue weighted by Gasteiger charge is 2.24. The number of aryl methyl sites for hydroxylation is 2. The van der Waals surface area contributed by atoms with Gasteiger partial charge in [-0.05, 0) is 85.6 Å². The lowest BCUT2D eigenvalue weighted by atomic mass is 10.1. The van der Waals surface area contributed by atoms with E-state index in [1.54, 1.807) is 0 Å². The van der Waals surface area contributed by atoms with Crippen LogP contribution in [0, 0.1) is 13.8 Å². The van der Waals surface area contributed by atoms with Gasteiger partial charge in [0.25, 0.3) is 5.91 Å². The number of hydrogen-bond acceptors (Lipinski definition) is 3. The van der Waals surface area contributed by atoms with Gasteiger partial charge in [0, 0.05) is 40.2 Å². The Labute approximate surface area is 203 Å². The third-order valence-corrected chi connectivity index (χ3v) is 5.61. The average molecular weight is 464 g/mol. The highest BCUT2D eigenvalue weighted by Crippen LogP contribution is 2.35. The normalized spacial score (nSPS) is 13.3. The van der Waals surface area contributed by atoms with Crippen molar-refractivity contribution in [1.82, 2.24) is 4.98 Å². The average Bonchev–Trinajstić information content (AvgIpc) is 3.41. The van der Waals surface area contributed by atoms with Crippen molar-refractivity contribution in [3.05, 3.63) is 101 Å². The predicted molar refractivity (Wildman–Crippen MR) is 142 cm³/mol. The van der Waals surface area contributed by atoms with Crippen molar-refractivity contribution in [3.63, 3.8) is 0 Å². The first kappa shape index (κ1) is 22.0. The monoisotopic (exact) mass is 463 g/mol. The number of nitrogens with one attached hydrogen (secondary N) is 5. The van der Waals surface area contributed by atoms with E-state index in [2.05, 4.69) is 32.3 Å². The quantitative estimate of drug-likeness (QED) is 0.218. The van der Waals surface area contributed by atoms with Gasteiger partial charge in [-0.3, -0.25) is 4.79 Å². The second-order valence-electron chi connectivity index (χ2n) is 8.56. The van der Waals surface area contributed by atoms with Gasteiger partial charge in [-0.25, -0.2) is 4.79 Å². The van der Waals surface area contributed by atoms with Crippen LogP contribution in [0.5, 0.6) is 0 Å². The fourth-order valence-corrected chi connectivity index (χ4v) is 4.19. The van der Waals surface area contributed by atoms with Crippen LogP contribution in [0.1, 0.15) is 22.4 Å². The molecule has 4 aromatic rings. The number of urea groups is 1. The van der Waals surface area contributed by atoms with Crippen LogP contribution in [-0.2, 0) is 4.79 Å². The lowest BCUT2D eigenvalue weighted by Crippen LogP contribution is -2.19. The van der Waals surface area contributed by atoms with Crippen molar-refractivity contribution >= 4 is 52.0 Å². The largest absolute Gasteiger partial charge is 0.362 e. The van der Waals surface area contributed by atoms with Crippen LogP contribution in [0.2, 0.25) is 0 Å². The number of anilines is 5. The van der Waals surface area contributed by atoms with Gasteiger partial charge >= 0.3 is 6.03 Å². The maximum atomic E-state index is 12.5. The molecule has 7 nitrogen and oxygen atoms in total. The van der Waals surface area contributed by atoms with Crippen LogP contribution in [0.4, 0.5) is 33.2 Å². The van der Waals surface area contributed by atoms with E-state index in [1.807, 2.05) is 92.9 Å². The summed E-state index contributed by atoms with van der Waals surface area (Å²) < 4.78 is 0. The van der Waals surface area contributed by atoms with Crippen molar-refractivity contribution in [2.45, 2.75) is 13.8 Å². The van der Waals surface area contributed by atoms with Crippen LogP contribution in [0.3, 0.4) is 0 Å². The van der Waals surface area contributed by atoms with Crippen molar-refractivity contribution in [2.24, 2.45) is 0 Å². The Morgan fingerprint density at radius 3 is 2.31 bits per heavy atom. The van der Waals surface area contributed by atoms with Crippen LogP contribution in [0.15, 0.2) is 79.0 Å². The highest BCUT2D eigenvalue weighted by molar-refractivity contribution is 6.35. The second kappa shape index (κ2) is 9.23. The molecule has 1 aliphatic rings. The first-order valence-corrected chi connectivity index (χ1v) is 11.3. The zero-order valence-corrected chi connectivity index (χ0v) is 19.4. The molecule has 0 fully saturated rings. The zero-order valence-electron chi connectivity index (χ0n) is 19.4. The van der Waals surface area contributed by atoms with Crippen LogP contribution in [0.25, 0.3) is 11.6 Å². The summed E-state index contributed by atoms with van der Waals surface area (Å²) in [5.74, 6) is -0.132. The van der Waals surface area contributed by atoms with Gasteiger partial charge < -0.3 is 26.3 Å². The molecule has 0 atom stereocenters. The van der Waals surface area contributed by atoms with Gasteiger partial charge in [-0.1, -0.05) is 18.2 Å². The number of hydrogen-bond donors (Lipinski definition) is 5. The molecule has 2 heterocycles. The van der Waals surface area contributed by atoms with Gasteiger partial charge in [-0.15, -0.1) is 0 Å².